The third-order valence-corrected chi connectivity index (χ3v) is 4.43. The van der Waals surface area contributed by atoms with E-state index in [0.29, 0.717) is 6.04 Å². The van der Waals surface area contributed by atoms with Gasteiger partial charge in [-0.3, -0.25) is 4.90 Å². The van der Waals surface area contributed by atoms with E-state index in [1.54, 1.807) is 0 Å². The number of halogens is 1. The van der Waals surface area contributed by atoms with Gasteiger partial charge in [0.1, 0.15) is 11.9 Å². The second kappa shape index (κ2) is 5.49. The Bertz CT molecular complexity index is 552. The highest BCUT2D eigenvalue weighted by atomic mass is 19.1. The maximum atomic E-state index is 13.6. The Labute approximate surface area is 118 Å². The van der Waals surface area contributed by atoms with Crippen LogP contribution in [0.5, 0.6) is 0 Å². The van der Waals surface area contributed by atoms with Gasteiger partial charge in [-0.15, -0.1) is 0 Å². The number of piperazine rings is 2. The van der Waals surface area contributed by atoms with E-state index in [2.05, 4.69) is 15.5 Å². The standard InChI is InChI=1S/C15H19FN4/c1-10-12(2-3-14(16)13(10)6-17)15-9-20-5-4-18-7-11(20)8-19-15/h2-3,11,15,18-19H,4-5,7-9H2,1H3/t11-,15?/m1/s1. The summed E-state index contributed by atoms with van der Waals surface area (Å²) in [6.07, 6.45) is 0. The van der Waals surface area contributed by atoms with E-state index in [1.807, 2.05) is 19.1 Å². The zero-order valence-electron chi connectivity index (χ0n) is 11.6. The van der Waals surface area contributed by atoms with E-state index in [4.69, 9.17) is 5.26 Å². The topological polar surface area (TPSA) is 51.1 Å². The van der Waals surface area contributed by atoms with Gasteiger partial charge < -0.3 is 10.6 Å². The average Bonchev–Trinajstić information content (AvgIpc) is 2.47. The lowest BCUT2D eigenvalue weighted by molar-refractivity contribution is 0.106. The number of nitrogens with one attached hydrogen (secondary N) is 2. The minimum absolute atomic E-state index is 0.173. The molecule has 1 aromatic rings. The molecule has 0 radical (unpaired) electrons. The lowest BCUT2D eigenvalue weighted by Gasteiger charge is -2.43. The average molecular weight is 274 g/mol. The first-order valence-electron chi connectivity index (χ1n) is 7.08. The molecular weight excluding hydrogens is 255 g/mol. The molecule has 2 aliphatic heterocycles. The van der Waals surface area contributed by atoms with Crippen molar-refractivity contribution in [2.24, 2.45) is 0 Å². The van der Waals surface area contributed by atoms with E-state index in [0.717, 1.165) is 43.9 Å². The number of nitrogens with zero attached hydrogens (tertiary/aromatic N) is 2. The molecule has 2 N–H and O–H groups in total. The molecule has 2 heterocycles. The van der Waals surface area contributed by atoms with E-state index < -0.39 is 5.82 Å². The molecule has 0 bridgehead atoms. The van der Waals surface area contributed by atoms with Gasteiger partial charge >= 0.3 is 0 Å². The van der Waals surface area contributed by atoms with Crippen molar-refractivity contribution in [3.63, 3.8) is 0 Å². The maximum absolute atomic E-state index is 13.6. The molecule has 20 heavy (non-hydrogen) atoms. The van der Waals surface area contributed by atoms with Crippen LogP contribution in [-0.4, -0.2) is 43.7 Å². The molecule has 1 unspecified atom stereocenters. The summed E-state index contributed by atoms with van der Waals surface area (Å²) in [7, 11) is 0. The van der Waals surface area contributed by atoms with Crippen molar-refractivity contribution in [2.45, 2.75) is 19.0 Å². The SMILES string of the molecule is Cc1c(C2CN3CCNC[C@@H]3CN2)ccc(F)c1C#N. The third-order valence-electron chi connectivity index (χ3n) is 4.43. The van der Waals surface area contributed by atoms with Crippen LogP contribution in [0.25, 0.3) is 0 Å². The molecule has 2 saturated heterocycles. The van der Waals surface area contributed by atoms with Gasteiger partial charge in [-0.2, -0.15) is 5.26 Å². The molecule has 3 rings (SSSR count). The molecule has 0 aromatic heterocycles. The van der Waals surface area contributed by atoms with Crippen molar-refractivity contribution >= 4 is 0 Å². The number of fused-ring (bicyclic) bond motifs is 1. The fraction of sp³-hybridized carbons (Fsp3) is 0.533. The summed E-state index contributed by atoms with van der Waals surface area (Å²) in [5, 5.41) is 16.0. The Balaban J connectivity index is 1.85. The summed E-state index contributed by atoms with van der Waals surface area (Å²) in [5.74, 6) is -0.426. The van der Waals surface area contributed by atoms with Gasteiger partial charge in [0.05, 0.1) is 5.56 Å². The molecule has 2 aliphatic rings. The van der Waals surface area contributed by atoms with Crippen LogP contribution in [0.3, 0.4) is 0 Å². The highest BCUT2D eigenvalue weighted by Crippen LogP contribution is 2.26. The molecule has 2 fully saturated rings. The molecule has 4 nitrogen and oxygen atoms in total. The van der Waals surface area contributed by atoms with Crippen LogP contribution < -0.4 is 10.6 Å². The second-order valence-corrected chi connectivity index (χ2v) is 5.56. The number of nitriles is 1. The van der Waals surface area contributed by atoms with Crippen molar-refractivity contribution in [1.29, 1.82) is 5.26 Å². The zero-order valence-corrected chi connectivity index (χ0v) is 11.6. The highest BCUT2D eigenvalue weighted by molar-refractivity contribution is 5.44. The Morgan fingerprint density at radius 1 is 1.40 bits per heavy atom. The van der Waals surface area contributed by atoms with Crippen LogP contribution in [-0.2, 0) is 0 Å². The Morgan fingerprint density at radius 3 is 3.05 bits per heavy atom. The van der Waals surface area contributed by atoms with Crippen molar-refractivity contribution in [2.75, 3.05) is 32.7 Å². The van der Waals surface area contributed by atoms with Crippen LogP contribution in [0.15, 0.2) is 12.1 Å². The molecule has 106 valence electrons. The fourth-order valence-electron chi connectivity index (χ4n) is 3.24. The Hall–Kier alpha value is -1.48. The van der Waals surface area contributed by atoms with E-state index >= 15 is 0 Å². The van der Waals surface area contributed by atoms with Gasteiger partial charge in [0, 0.05) is 44.8 Å². The first-order chi connectivity index (χ1) is 9.70. The monoisotopic (exact) mass is 274 g/mol. The quantitative estimate of drug-likeness (QED) is 0.800. The lowest BCUT2D eigenvalue weighted by atomic mass is 9.94. The predicted octanol–water partition coefficient (Wildman–Crippen LogP) is 0.924. The first kappa shape index (κ1) is 13.5. The van der Waals surface area contributed by atoms with Gasteiger partial charge in [-0.25, -0.2) is 4.39 Å². The minimum Gasteiger partial charge on any atom is -0.314 e. The maximum Gasteiger partial charge on any atom is 0.141 e. The van der Waals surface area contributed by atoms with Crippen molar-refractivity contribution in [1.82, 2.24) is 15.5 Å². The molecule has 0 amide bonds. The fourth-order valence-corrected chi connectivity index (χ4v) is 3.24. The normalized spacial score (nSPS) is 26.9. The first-order valence-corrected chi connectivity index (χ1v) is 7.08. The highest BCUT2D eigenvalue weighted by Gasteiger charge is 2.31. The molecular formula is C15H19FN4. The summed E-state index contributed by atoms with van der Waals surface area (Å²) < 4.78 is 13.6. The van der Waals surface area contributed by atoms with Crippen molar-refractivity contribution in [3.05, 3.63) is 34.6 Å². The second-order valence-electron chi connectivity index (χ2n) is 5.56. The van der Waals surface area contributed by atoms with Gasteiger partial charge in [-0.1, -0.05) is 6.07 Å². The van der Waals surface area contributed by atoms with Crippen LogP contribution in [0.1, 0.15) is 22.7 Å². The summed E-state index contributed by atoms with van der Waals surface area (Å²) in [4.78, 5) is 2.48. The number of hydrogen-bond donors (Lipinski definition) is 2. The number of rotatable bonds is 1. The summed E-state index contributed by atoms with van der Waals surface area (Å²) in [5.41, 5.74) is 1.98. The molecule has 2 atom stereocenters. The van der Waals surface area contributed by atoms with E-state index in [1.165, 1.54) is 6.07 Å². The Kier molecular flexibility index (Phi) is 3.70. The van der Waals surface area contributed by atoms with Crippen molar-refractivity contribution in [3.8, 4) is 6.07 Å². The predicted molar refractivity (Wildman–Crippen MR) is 74.8 cm³/mol. The van der Waals surface area contributed by atoms with Gasteiger partial charge in [0.25, 0.3) is 0 Å². The Morgan fingerprint density at radius 2 is 2.25 bits per heavy atom. The molecule has 0 spiro atoms. The third kappa shape index (κ3) is 2.31. The molecule has 5 heteroatoms. The van der Waals surface area contributed by atoms with Crippen LogP contribution in [0, 0.1) is 24.1 Å². The van der Waals surface area contributed by atoms with Crippen LogP contribution in [0.2, 0.25) is 0 Å². The molecule has 0 saturated carbocycles. The van der Waals surface area contributed by atoms with E-state index in [-0.39, 0.29) is 11.6 Å². The smallest absolute Gasteiger partial charge is 0.141 e. The number of hydrogen-bond acceptors (Lipinski definition) is 4. The van der Waals surface area contributed by atoms with Crippen LogP contribution >= 0.6 is 0 Å². The summed E-state index contributed by atoms with van der Waals surface area (Å²) in [6, 6.07) is 5.91. The lowest BCUT2D eigenvalue weighted by Crippen LogP contribution is -2.60. The molecule has 1 aromatic carbocycles. The summed E-state index contributed by atoms with van der Waals surface area (Å²) >= 11 is 0. The van der Waals surface area contributed by atoms with Gasteiger partial charge in [0.2, 0.25) is 0 Å². The van der Waals surface area contributed by atoms with Gasteiger partial charge in [-0.05, 0) is 24.1 Å². The number of benzene rings is 1. The van der Waals surface area contributed by atoms with Gasteiger partial charge in [0.15, 0.2) is 0 Å². The minimum atomic E-state index is -0.426. The van der Waals surface area contributed by atoms with E-state index in [9.17, 15) is 4.39 Å². The zero-order chi connectivity index (χ0) is 14.1. The summed E-state index contributed by atoms with van der Waals surface area (Å²) in [6.45, 7) is 6.78. The molecule has 0 aliphatic carbocycles. The largest absolute Gasteiger partial charge is 0.314 e. The van der Waals surface area contributed by atoms with Crippen molar-refractivity contribution < 1.29 is 4.39 Å². The van der Waals surface area contributed by atoms with Crippen LogP contribution in [0.4, 0.5) is 4.39 Å².